The van der Waals surface area contributed by atoms with Gasteiger partial charge in [-0.25, -0.2) is 4.79 Å². The molecule has 1 unspecified atom stereocenters. The van der Waals surface area contributed by atoms with Gasteiger partial charge >= 0.3 is 12.0 Å². The Kier molecular flexibility index (Phi) is 5.23. The highest BCUT2D eigenvalue weighted by atomic mass is 16.5. The van der Waals surface area contributed by atoms with Crippen LogP contribution in [0, 0.1) is 11.3 Å². The molecular weight excluding hydrogens is 260 g/mol. The summed E-state index contributed by atoms with van der Waals surface area (Å²) in [5.41, 5.74) is -0.759. The molecule has 114 valence electrons. The third-order valence-corrected chi connectivity index (χ3v) is 4.41. The predicted octanol–water partition coefficient (Wildman–Crippen LogP) is 1.36. The van der Waals surface area contributed by atoms with Gasteiger partial charge in [-0.3, -0.25) is 4.79 Å². The molecular formula is C14H24N2O4. The zero-order valence-corrected chi connectivity index (χ0v) is 11.8. The van der Waals surface area contributed by atoms with Gasteiger partial charge in [0.15, 0.2) is 0 Å². The minimum absolute atomic E-state index is 0.218. The summed E-state index contributed by atoms with van der Waals surface area (Å²) in [6.07, 6.45) is 5.26. The molecule has 2 amide bonds. The number of carboxylic acid groups (broad SMARTS) is 1. The molecule has 3 N–H and O–H groups in total. The number of hydrogen-bond acceptors (Lipinski definition) is 3. The fraction of sp³-hybridized carbons (Fsp3) is 0.857. The van der Waals surface area contributed by atoms with Gasteiger partial charge in [-0.15, -0.1) is 0 Å². The standard InChI is InChI=1S/C14H24N2O4/c17-12(18)14(5-1-2-6-14)10-16-13(19)15-8-11-4-3-7-20-9-11/h11H,1-10H2,(H,17,18)(H2,15,16,19). The smallest absolute Gasteiger partial charge is 0.314 e. The van der Waals surface area contributed by atoms with Crippen molar-refractivity contribution in [3.63, 3.8) is 0 Å². The Labute approximate surface area is 119 Å². The van der Waals surface area contributed by atoms with Crippen molar-refractivity contribution in [1.82, 2.24) is 10.6 Å². The van der Waals surface area contributed by atoms with Gasteiger partial charge in [0.25, 0.3) is 0 Å². The van der Waals surface area contributed by atoms with Crippen LogP contribution in [0.3, 0.4) is 0 Å². The maximum absolute atomic E-state index is 11.8. The summed E-state index contributed by atoms with van der Waals surface area (Å²) in [6, 6.07) is -0.275. The lowest BCUT2D eigenvalue weighted by molar-refractivity contribution is -0.148. The van der Waals surface area contributed by atoms with E-state index in [4.69, 9.17) is 4.74 Å². The number of urea groups is 1. The summed E-state index contributed by atoms with van der Waals surface area (Å²) in [5.74, 6) is -0.426. The average Bonchev–Trinajstić information content (AvgIpc) is 2.94. The Balaban J connectivity index is 1.70. The number of hydrogen-bond donors (Lipinski definition) is 3. The molecule has 0 aromatic heterocycles. The summed E-state index contributed by atoms with van der Waals surface area (Å²) in [5, 5.41) is 14.8. The van der Waals surface area contributed by atoms with Crippen molar-refractivity contribution in [2.24, 2.45) is 11.3 Å². The number of amides is 2. The molecule has 6 heteroatoms. The van der Waals surface area contributed by atoms with E-state index in [0.717, 1.165) is 32.3 Å². The number of aliphatic carboxylic acids is 1. The highest BCUT2D eigenvalue weighted by Gasteiger charge is 2.41. The molecule has 0 aromatic rings. The molecule has 2 rings (SSSR count). The first-order chi connectivity index (χ1) is 9.62. The summed E-state index contributed by atoms with van der Waals surface area (Å²) in [4.78, 5) is 23.1. The molecule has 2 aliphatic rings. The molecule has 0 bridgehead atoms. The normalized spacial score (nSPS) is 25.1. The molecule has 0 spiro atoms. The van der Waals surface area contributed by atoms with E-state index in [0.29, 0.717) is 31.9 Å². The lowest BCUT2D eigenvalue weighted by atomic mass is 9.86. The van der Waals surface area contributed by atoms with Crippen LogP contribution >= 0.6 is 0 Å². The first kappa shape index (κ1) is 15.1. The fourth-order valence-corrected chi connectivity index (χ4v) is 3.04. The lowest BCUT2D eigenvalue weighted by Gasteiger charge is -2.25. The van der Waals surface area contributed by atoms with E-state index in [9.17, 15) is 14.7 Å². The van der Waals surface area contributed by atoms with E-state index < -0.39 is 11.4 Å². The molecule has 1 aliphatic carbocycles. The maximum atomic E-state index is 11.8. The zero-order chi connectivity index (χ0) is 14.4. The first-order valence-electron chi connectivity index (χ1n) is 7.45. The van der Waals surface area contributed by atoms with Crippen LogP contribution in [-0.4, -0.2) is 43.4 Å². The zero-order valence-electron chi connectivity index (χ0n) is 11.8. The predicted molar refractivity (Wildman–Crippen MR) is 73.5 cm³/mol. The molecule has 1 saturated heterocycles. The van der Waals surface area contributed by atoms with Crippen LogP contribution in [0.15, 0.2) is 0 Å². The molecule has 0 aromatic carbocycles. The molecule has 1 saturated carbocycles. The number of ether oxygens (including phenoxy) is 1. The van der Waals surface area contributed by atoms with Crippen LogP contribution in [0.25, 0.3) is 0 Å². The lowest BCUT2D eigenvalue weighted by Crippen LogP contribution is -2.46. The SMILES string of the molecule is O=C(NCC1CCCOC1)NCC1(C(=O)O)CCCC1. The Morgan fingerprint density at radius 2 is 1.95 bits per heavy atom. The Hall–Kier alpha value is -1.30. The van der Waals surface area contributed by atoms with Crippen molar-refractivity contribution in [2.45, 2.75) is 38.5 Å². The van der Waals surface area contributed by atoms with Crippen molar-refractivity contribution in [3.05, 3.63) is 0 Å². The molecule has 20 heavy (non-hydrogen) atoms. The van der Waals surface area contributed by atoms with E-state index >= 15 is 0 Å². The third-order valence-electron chi connectivity index (χ3n) is 4.41. The molecule has 1 heterocycles. The van der Waals surface area contributed by atoms with Crippen LogP contribution in [0.1, 0.15) is 38.5 Å². The largest absolute Gasteiger partial charge is 0.481 e. The number of carbonyl (C=O) groups excluding carboxylic acids is 1. The minimum Gasteiger partial charge on any atom is -0.481 e. The van der Waals surface area contributed by atoms with E-state index in [-0.39, 0.29) is 12.6 Å². The molecule has 2 fully saturated rings. The second-order valence-electron chi connectivity index (χ2n) is 5.94. The quantitative estimate of drug-likeness (QED) is 0.711. The van der Waals surface area contributed by atoms with Crippen LogP contribution in [0.2, 0.25) is 0 Å². The fourth-order valence-electron chi connectivity index (χ4n) is 3.04. The average molecular weight is 284 g/mol. The topological polar surface area (TPSA) is 87.7 Å². The molecule has 6 nitrogen and oxygen atoms in total. The van der Waals surface area contributed by atoms with Crippen molar-refractivity contribution >= 4 is 12.0 Å². The minimum atomic E-state index is -0.795. The number of carbonyl (C=O) groups is 2. The van der Waals surface area contributed by atoms with E-state index in [1.165, 1.54) is 0 Å². The Bertz CT molecular complexity index is 347. The van der Waals surface area contributed by atoms with Gasteiger partial charge in [-0.1, -0.05) is 12.8 Å². The first-order valence-corrected chi connectivity index (χ1v) is 7.45. The van der Waals surface area contributed by atoms with Gasteiger partial charge in [-0.05, 0) is 31.6 Å². The number of nitrogens with one attached hydrogen (secondary N) is 2. The van der Waals surface area contributed by atoms with Gasteiger partial charge in [0.2, 0.25) is 0 Å². The molecule has 0 radical (unpaired) electrons. The highest BCUT2D eigenvalue weighted by Crippen LogP contribution is 2.37. The van der Waals surface area contributed by atoms with Crippen molar-refractivity contribution in [1.29, 1.82) is 0 Å². The van der Waals surface area contributed by atoms with E-state index in [2.05, 4.69) is 10.6 Å². The summed E-state index contributed by atoms with van der Waals surface area (Å²) in [7, 11) is 0. The monoisotopic (exact) mass is 284 g/mol. The van der Waals surface area contributed by atoms with Crippen LogP contribution < -0.4 is 10.6 Å². The van der Waals surface area contributed by atoms with Gasteiger partial charge < -0.3 is 20.5 Å². The van der Waals surface area contributed by atoms with Gasteiger partial charge in [0, 0.05) is 19.7 Å². The number of carboxylic acids is 1. The van der Waals surface area contributed by atoms with Crippen LogP contribution in [0.5, 0.6) is 0 Å². The Morgan fingerprint density at radius 3 is 2.55 bits per heavy atom. The van der Waals surface area contributed by atoms with E-state index in [1.54, 1.807) is 0 Å². The van der Waals surface area contributed by atoms with E-state index in [1.807, 2.05) is 0 Å². The van der Waals surface area contributed by atoms with Crippen LogP contribution in [0.4, 0.5) is 4.79 Å². The van der Waals surface area contributed by atoms with Gasteiger partial charge in [0.05, 0.1) is 12.0 Å². The Morgan fingerprint density at radius 1 is 1.20 bits per heavy atom. The summed E-state index contributed by atoms with van der Waals surface area (Å²) >= 11 is 0. The third kappa shape index (κ3) is 3.85. The summed E-state index contributed by atoms with van der Waals surface area (Å²) < 4.78 is 5.35. The second-order valence-corrected chi connectivity index (χ2v) is 5.94. The van der Waals surface area contributed by atoms with Gasteiger partial charge in [0.1, 0.15) is 0 Å². The number of rotatable bonds is 5. The van der Waals surface area contributed by atoms with Crippen molar-refractivity contribution in [3.8, 4) is 0 Å². The maximum Gasteiger partial charge on any atom is 0.314 e. The van der Waals surface area contributed by atoms with Crippen LogP contribution in [-0.2, 0) is 9.53 Å². The van der Waals surface area contributed by atoms with Crippen molar-refractivity contribution in [2.75, 3.05) is 26.3 Å². The van der Waals surface area contributed by atoms with Crippen molar-refractivity contribution < 1.29 is 19.4 Å². The molecule has 1 aliphatic heterocycles. The highest BCUT2D eigenvalue weighted by molar-refractivity contribution is 5.78. The van der Waals surface area contributed by atoms with Gasteiger partial charge in [-0.2, -0.15) is 0 Å². The summed E-state index contributed by atoms with van der Waals surface area (Å²) in [6.45, 7) is 2.31. The second kappa shape index (κ2) is 6.92. The molecule has 1 atom stereocenters.